The summed E-state index contributed by atoms with van der Waals surface area (Å²) in [6.45, 7) is 4.21. The normalized spacial score (nSPS) is 12.0. The molecule has 0 radical (unpaired) electrons. The molecule has 0 aromatic heterocycles. The molecule has 0 aliphatic carbocycles. The van der Waals surface area contributed by atoms with Gasteiger partial charge in [0.1, 0.15) is 12.6 Å². The second-order valence-corrected chi connectivity index (χ2v) is 13.2. The summed E-state index contributed by atoms with van der Waals surface area (Å²) in [4.78, 5) is 34.8. The molecule has 0 saturated heterocycles. The Morgan fingerprint density at radius 2 is 0.978 bits per heavy atom. The zero-order chi connectivity index (χ0) is 33.1. The highest BCUT2D eigenvalue weighted by atomic mass is 16.5. The van der Waals surface area contributed by atoms with Crippen molar-refractivity contribution in [1.29, 1.82) is 0 Å². The van der Waals surface area contributed by atoms with Gasteiger partial charge in [-0.1, -0.05) is 148 Å². The lowest BCUT2D eigenvalue weighted by Gasteiger charge is -2.18. The lowest BCUT2D eigenvalue weighted by molar-refractivity contribution is -0.150. The van der Waals surface area contributed by atoms with Crippen LogP contribution in [0.25, 0.3) is 0 Å². The molecule has 0 aliphatic rings. The molecule has 1 amide bonds. The lowest BCUT2D eigenvalue weighted by Crippen LogP contribution is -2.28. The number of esters is 1. The molecule has 6 heteroatoms. The highest BCUT2D eigenvalue weighted by molar-refractivity contribution is 5.80. The number of hydrogen-bond acceptors (Lipinski definition) is 4. The van der Waals surface area contributed by atoms with Crippen molar-refractivity contribution in [3.8, 4) is 0 Å². The Morgan fingerprint density at radius 1 is 0.556 bits per heavy atom. The summed E-state index contributed by atoms with van der Waals surface area (Å²) in [5.74, 6) is -1.24. The standard InChI is InChI=1S/C39H73NO5/c1-3-5-7-9-11-13-15-16-17-18-20-23-27-31-36(32-28-24-22-25-29-33-37(41)40-35-38(42)43)45-39(44)34-30-26-21-19-14-12-10-8-6-4-2/h18,20,36H,3-17,19,21-35H2,1-2H3,(H,40,41)(H,42,43)/b20-18-. The number of carbonyl (C=O) groups excluding carboxylic acids is 2. The van der Waals surface area contributed by atoms with Crippen LogP contribution in [0.2, 0.25) is 0 Å². The van der Waals surface area contributed by atoms with E-state index in [0.717, 1.165) is 70.6 Å². The smallest absolute Gasteiger partial charge is 0.322 e. The molecule has 0 spiro atoms. The van der Waals surface area contributed by atoms with E-state index in [2.05, 4.69) is 31.3 Å². The number of amides is 1. The minimum Gasteiger partial charge on any atom is -0.480 e. The topological polar surface area (TPSA) is 92.7 Å². The van der Waals surface area contributed by atoms with Gasteiger partial charge >= 0.3 is 11.9 Å². The van der Waals surface area contributed by atoms with E-state index in [1.165, 1.54) is 109 Å². The van der Waals surface area contributed by atoms with Crippen molar-refractivity contribution in [2.24, 2.45) is 0 Å². The summed E-state index contributed by atoms with van der Waals surface area (Å²) in [7, 11) is 0. The predicted molar refractivity (Wildman–Crippen MR) is 190 cm³/mol. The fourth-order valence-corrected chi connectivity index (χ4v) is 5.81. The Hall–Kier alpha value is -1.85. The maximum atomic E-state index is 12.6. The number of rotatable bonds is 35. The molecule has 6 nitrogen and oxygen atoms in total. The summed E-state index contributed by atoms with van der Waals surface area (Å²) < 4.78 is 5.98. The van der Waals surface area contributed by atoms with Crippen molar-refractivity contribution >= 4 is 17.8 Å². The first kappa shape index (κ1) is 43.1. The fraction of sp³-hybridized carbons (Fsp3) is 0.872. The van der Waals surface area contributed by atoms with Crippen LogP contribution < -0.4 is 5.32 Å². The third-order valence-corrected chi connectivity index (χ3v) is 8.69. The zero-order valence-corrected chi connectivity index (χ0v) is 29.7. The van der Waals surface area contributed by atoms with Gasteiger partial charge < -0.3 is 15.2 Å². The lowest BCUT2D eigenvalue weighted by atomic mass is 10.0. The van der Waals surface area contributed by atoms with Crippen LogP contribution in [0.5, 0.6) is 0 Å². The molecule has 0 bridgehead atoms. The maximum absolute atomic E-state index is 12.6. The van der Waals surface area contributed by atoms with Gasteiger partial charge in [-0.25, -0.2) is 0 Å². The second kappa shape index (κ2) is 35.0. The molecule has 2 N–H and O–H groups in total. The van der Waals surface area contributed by atoms with Gasteiger partial charge in [0.2, 0.25) is 5.91 Å². The number of nitrogens with one attached hydrogen (secondary N) is 1. The van der Waals surface area contributed by atoms with Crippen LogP contribution >= 0.6 is 0 Å². The van der Waals surface area contributed by atoms with Crippen LogP contribution in [0, 0.1) is 0 Å². The molecule has 0 aliphatic heterocycles. The quantitative estimate of drug-likeness (QED) is 0.0410. The highest BCUT2D eigenvalue weighted by Gasteiger charge is 2.14. The minimum absolute atomic E-state index is 0.00326. The first-order valence-corrected chi connectivity index (χ1v) is 19.3. The monoisotopic (exact) mass is 636 g/mol. The van der Waals surface area contributed by atoms with Gasteiger partial charge in [-0.2, -0.15) is 0 Å². The third kappa shape index (κ3) is 34.9. The Balaban J connectivity index is 4.21. The van der Waals surface area contributed by atoms with Crippen molar-refractivity contribution in [2.75, 3.05) is 6.54 Å². The van der Waals surface area contributed by atoms with Gasteiger partial charge in [-0.05, 0) is 57.8 Å². The van der Waals surface area contributed by atoms with E-state index < -0.39 is 5.97 Å². The predicted octanol–water partition coefficient (Wildman–Crippen LogP) is 11.4. The van der Waals surface area contributed by atoms with E-state index in [0.29, 0.717) is 12.8 Å². The number of ether oxygens (including phenoxy) is 1. The van der Waals surface area contributed by atoms with E-state index in [1.54, 1.807) is 0 Å². The maximum Gasteiger partial charge on any atom is 0.322 e. The Labute approximate surface area is 278 Å². The SMILES string of the molecule is CCCCCCCCCC/C=C\CCCC(CCCCCCCC(=O)NCC(=O)O)OC(=O)CCCCCCCCCCCC. The zero-order valence-electron chi connectivity index (χ0n) is 29.7. The number of allylic oxidation sites excluding steroid dienone is 2. The van der Waals surface area contributed by atoms with Crippen LogP contribution in [-0.2, 0) is 19.1 Å². The van der Waals surface area contributed by atoms with Gasteiger partial charge in [-0.3, -0.25) is 14.4 Å². The average molecular weight is 636 g/mol. The molecular formula is C39H73NO5. The first-order valence-electron chi connectivity index (χ1n) is 19.3. The largest absolute Gasteiger partial charge is 0.480 e. The number of carbonyl (C=O) groups is 3. The van der Waals surface area contributed by atoms with Crippen molar-refractivity contribution in [2.45, 2.75) is 213 Å². The van der Waals surface area contributed by atoms with Gasteiger partial charge in [0.05, 0.1) is 0 Å². The third-order valence-electron chi connectivity index (χ3n) is 8.69. The summed E-state index contributed by atoms with van der Waals surface area (Å²) in [5, 5.41) is 11.1. The van der Waals surface area contributed by atoms with Gasteiger partial charge in [0.15, 0.2) is 0 Å². The van der Waals surface area contributed by atoms with Crippen LogP contribution in [0.15, 0.2) is 12.2 Å². The molecule has 0 heterocycles. The number of aliphatic carboxylic acids is 1. The number of unbranched alkanes of at least 4 members (excludes halogenated alkanes) is 22. The summed E-state index contributed by atoms with van der Waals surface area (Å²) in [6.07, 6.45) is 39.0. The number of hydrogen-bond donors (Lipinski definition) is 2. The highest BCUT2D eigenvalue weighted by Crippen LogP contribution is 2.18. The van der Waals surface area contributed by atoms with Crippen molar-refractivity contribution in [3.05, 3.63) is 12.2 Å². The van der Waals surface area contributed by atoms with Crippen molar-refractivity contribution in [3.63, 3.8) is 0 Å². The van der Waals surface area contributed by atoms with Gasteiger partial charge in [-0.15, -0.1) is 0 Å². The molecular weight excluding hydrogens is 562 g/mol. The summed E-state index contributed by atoms with van der Waals surface area (Å²) in [6, 6.07) is 0. The molecule has 264 valence electrons. The van der Waals surface area contributed by atoms with Crippen molar-refractivity contribution < 1.29 is 24.2 Å². The van der Waals surface area contributed by atoms with E-state index in [1.807, 2.05) is 0 Å². The molecule has 0 fully saturated rings. The van der Waals surface area contributed by atoms with Gasteiger partial charge in [0.25, 0.3) is 0 Å². The van der Waals surface area contributed by atoms with Crippen LogP contribution in [0.3, 0.4) is 0 Å². The Bertz CT molecular complexity index is 708. The molecule has 0 aromatic carbocycles. The Kier molecular flexibility index (Phi) is 33.6. The average Bonchev–Trinajstić information content (AvgIpc) is 3.02. The molecule has 0 saturated carbocycles. The molecule has 0 aromatic rings. The first-order chi connectivity index (χ1) is 22.0. The van der Waals surface area contributed by atoms with E-state index in [9.17, 15) is 14.4 Å². The number of carboxylic acids is 1. The van der Waals surface area contributed by atoms with Crippen LogP contribution in [0.4, 0.5) is 0 Å². The van der Waals surface area contributed by atoms with E-state index in [4.69, 9.17) is 9.84 Å². The summed E-state index contributed by atoms with van der Waals surface area (Å²) in [5.41, 5.74) is 0. The van der Waals surface area contributed by atoms with Crippen molar-refractivity contribution in [1.82, 2.24) is 5.32 Å². The molecule has 1 unspecified atom stereocenters. The molecule has 0 rings (SSSR count). The van der Waals surface area contributed by atoms with E-state index in [-0.39, 0.29) is 24.5 Å². The van der Waals surface area contributed by atoms with E-state index >= 15 is 0 Å². The Morgan fingerprint density at radius 3 is 1.51 bits per heavy atom. The fourth-order valence-electron chi connectivity index (χ4n) is 5.81. The number of carboxylic acid groups (broad SMARTS) is 1. The minimum atomic E-state index is -1.02. The summed E-state index contributed by atoms with van der Waals surface area (Å²) >= 11 is 0. The van der Waals surface area contributed by atoms with Crippen LogP contribution in [0.1, 0.15) is 206 Å². The molecule has 1 atom stereocenters. The second-order valence-electron chi connectivity index (χ2n) is 13.2. The molecule has 45 heavy (non-hydrogen) atoms. The van der Waals surface area contributed by atoms with Crippen LogP contribution in [-0.4, -0.2) is 35.6 Å². The van der Waals surface area contributed by atoms with Gasteiger partial charge in [0, 0.05) is 12.8 Å².